The molecule has 5 heteroatoms. The van der Waals surface area contributed by atoms with Gasteiger partial charge in [0.25, 0.3) is 0 Å². The highest BCUT2D eigenvalue weighted by atomic mass is 16.5. The highest BCUT2D eigenvalue weighted by molar-refractivity contribution is 5.90. The van der Waals surface area contributed by atoms with E-state index in [2.05, 4.69) is 10.1 Å². The quantitative estimate of drug-likeness (QED) is 0.717. The highest BCUT2D eigenvalue weighted by Gasteiger charge is 2.11. The zero-order valence-corrected chi connectivity index (χ0v) is 9.64. The van der Waals surface area contributed by atoms with Crippen LogP contribution in [-0.2, 0) is 0 Å². The lowest BCUT2D eigenvalue weighted by Gasteiger charge is -1.99. The summed E-state index contributed by atoms with van der Waals surface area (Å²) in [6, 6.07) is 9.27. The molecule has 0 aliphatic rings. The van der Waals surface area contributed by atoms with Crippen molar-refractivity contribution >= 4 is 17.2 Å². The van der Waals surface area contributed by atoms with Crippen molar-refractivity contribution in [3.8, 4) is 17.2 Å². The average Bonchev–Trinajstić information content (AvgIpc) is 3.03. The SMILES string of the molecule is COc1cccc2cc(-c3cc(C=O)no3)[nH]c12. The number of para-hydroxylation sites is 1. The summed E-state index contributed by atoms with van der Waals surface area (Å²) >= 11 is 0. The summed E-state index contributed by atoms with van der Waals surface area (Å²) in [5.74, 6) is 1.28. The maximum Gasteiger partial charge on any atom is 0.183 e. The molecule has 3 rings (SSSR count). The van der Waals surface area contributed by atoms with E-state index in [1.54, 1.807) is 13.2 Å². The van der Waals surface area contributed by atoms with Gasteiger partial charge in [0.1, 0.15) is 11.4 Å². The topological polar surface area (TPSA) is 68.1 Å². The molecule has 1 N–H and O–H groups in total. The third kappa shape index (κ3) is 1.57. The molecule has 0 aliphatic heterocycles. The number of aldehydes is 1. The van der Waals surface area contributed by atoms with E-state index in [1.165, 1.54) is 0 Å². The molecule has 18 heavy (non-hydrogen) atoms. The summed E-state index contributed by atoms with van der Waals surface area (Å²) in [7, 11) is 1.62. The Balaban J connectivity index is 2.15. The number of aromatic amines is 1. The normalized spacial score (nSPS) is 10.7. The fourth-order valence-electron chi connectivity index (χ4n) is 1.90. The van der Waals surface area contributed by atoms with E-state index in [9.17, 15) is 4.79 Å². The first-order chi connectivity index (χ1) is 8.81. The molecule has 0 bridgehead atoms. The molecule has 0 saturated carbocycles. The number of carbonyl (C=O) groups excluding carboxylic acids is 1. The van der Waals surface area contributed by atoms with Crippen molar-refractivity contribution in [2.24, 2.45) is 0 Å². The lowest BCUT2D eigenvalue weighted by molar-refractivity contribution is 0.111. The van der Waals surface area contributed by atoms with Crippen LogP contribution in [0.4, 0.5) is 0 Å². The molecule has 0 fully saturated rings. The number of H-pyrrole nitrogens is 1. The molecule has 0 saturated heterocycles. The number of hydrogen-bond donors (Lipinski definition) is 1. The second-order valence-electron chi connectivity index (χ2n) is 3.84. The maximum atomic E-state index is 10.6. The second-order valence-corrected chi connectivity index (χ2v) is 3.84. The number of hydrogen-bond acceptors (Lipinski definition) is 4. The average molecular weight is 242 g/mol. The minimum Gasteiger partial charge on any atom is -0.495 e. The van der Waals surface area contributed by atoms with Gasteiger partial charge in [-0.3, -0.25) is 4.79 Å². The smallest absolute Gasteiger partial charge is 0.183 e. The van der Waals surface area contributed by atoms with E-state index in [4.69, 9.17) is 9.26 Å². The Morgan fingerprint density at radius 2 is 2.28 bits per heavy atom. The van der Waals surface area contributed by atoms with Crippen molar-refractivity contribution in [3.05, 3.63) is 36.0 Å². The standard InChI is InChI=1S/C13H10N2O3/c1-17-11-4-2-3-8-5-10(14-13(8)11)12-6-9(7-16)15-18-12/h2-7,14H,1H3. The van der Waals surface area contributed by atoms with E-state index >= 15 is 0 Å². The molecule has 90 valence electrons. The zero-order valence-electron chi connectivity index (χ0n) is 9.64. The molecule has 1 aromatic carbocycles. The number of methoxy groups -OCH3 is 1. The number of benzene rings is 1. The van der Waals surface area contributed by atoms with Crippen LogP contribution in [-0.4, -0.2) is 23.5 Å². The predicted molar refractivity (Wildman–Crippen MR) is 65.7 cm³/mol. The molecule has 0 atom stereocenters. The van der Waals surface area contributed by atoms with Gasteiger partial charge in [-0.2, -0.15) is 0 Å². The van der Waals surface area contributed by atoms with Crippen LogP contribution in [0, 0.1) is 0 Å². The van der Waals surface area contributed by atoms with Crippen LogP contribution in [0.3, 0.4) is 0 Å². The minimum absolute atomic E-state index is 0.274. The summed E-state index contributed by atoms with van der Waals surface area (Å²) in [4.78, 5) is 13.8. The first-order valence-corrected chi connectivity index (χ1v) is 5.40. The van der Waals surface area contributed by atoms with Gasteiger partial charge in [-0.15, -0.1) is 0 Å². The van der Waals surface area contributed by atoms with E-state index in [-0.39, 0.29) is 5.69 Å². The first-order valence-electron chi connectivity index (χ1n) is 5.40. The molecular weight excluding hydrogens is 232 g/mol. The van der Waals surface area contributed by atoms with Gasteiger partial charge in [0.05, 0.1) is 18.3 Å². The molecule has 0 aliphatic carbocycles. The van der Waals surface area contributed by atoms with Crippen molar-refractivity contribution in [1.29, 1.82) is 0 Å². The fraction of sp³-hybridized carbons (Fsp3) is 0.0769. The monoisotopic (exact) mass is 242 g/mol. The predicted octanol–water partition coefficient (Wildman–Crippen LogP) is 2.64. The van der Waals surface area contributed by atoms with Crippen LogP contribution < -0.4 is 4.74 Å². The van der Waals surface area contributed by atoms with Crippen molar-refractivity contribution in [2.75, 3.05) is 7.11 Å². The Bertz CT molecular complexity index is 712. The number of ether oxygens (including phenoxy) is 1. The molecule has 2 heterocycles. The number of nitrogens with zero attached hydrogens (tertiary/aromatic N) is 1. The second kappa shape index (κ2) is 4.03. The lowest BCUT2D eigenvalue weighted by atomic mass is 10.2. The Labute approximate surface area is 102 Å². The largest absolute Gasteiger partial charge is 0.495 e. The van der Waals surface area contributed by atoms with E-state index in [0.717, 1.165) is 22.3 Å². The number of rotatable bonds is 3. The first kappa shape index (κ1) is 10.6. The van der Waals surface area contributed by atoms with Crippen LogP contribution in [0.5, 0.6) is 5.75 Å². The molecule has 2 aromatic heterocycles. The third-order valence-electron chi connectivity index (χ3n) is 2.75. The summed E-state index contributed by atoms with van der Waals surface area (Å²) in [6.07, 6.45) is 0.649. The minimum atomic E-state index is 0.274. The van der Waals surface area contributed by atoms with Crippen molar-refractivity contribution < 1.29 is 14.1 Å². The van der Waals surface area contributed by atoms with Crippen LogP contribution in [0.15, 0.2) is 34.9 Å². The van der Waals surface area contributed by atoms with Gasteiger partial charge in [-0.05, 0) is 12.1 Å². The van der Waals surface area contributed by atoms with Crippen LogP contribution in [0.2, 0.25) is 0 Å². The Kier molecular flexibility index (Phi) is 2.37. The Morgan fingerprint density at radius 3 is 3.00 bits per heavy atom. The molecule has 5 nitrogen and oxygen atoms in total. The Morgan fingerprint density at radius 1 is 1.39 bits per heavy atom. The number of carbonyl (C=O) groups is 1. The number of fused-ring (bicyclic) bond motifs is 1. The molecular formula is C13H10N2O3. The molecule has 3 aromatic rings. The van der Waals surface area contributed by atoms with Gasteiger partial charge in [-0.25, -0.2) is 0 Å². The van der Waals surface area contributed by atoms with Crippen molar-refractivity contribution in [3.63, 3.8) is 0 Å². The highest BCUT2D eigenvalue weighted by Crippen LogP contribution is 2.29. The molecule has 0 radical (unpaired) electrons. The van der Waals surface area contributed by atoms with Gasteiger partial charge in [0.2, 0.25) is 0 Å². The summed E-state index contributed by atoms with van der Waals surface area (Å²) in [5, 5.41) is 4.64. The van der Waals surface area contributed by atoms with Crippen LogP contribution in [0.25, 0.3) is 22.4 Å². The third-order valence-corrected chi connectivity index (χ3v) is 2.75. The van der Waals surface area contributed by atoms with Crippen molar-refractivity contribution in [1.82, 2.24) is 10.1 Å². The van der Waals surface area contributed by atoms with E-state index in [0.29, 0.717) is 12.0 Å². The van der Waals surface area contributed by atoms with Gasteiger partial charge >= 0.3 is 0 Å². The molecule has 0 amide bonds. The van der Waals surface area contributed by atoms with Gasteiger partial charge < -0.3 is 14.2 Å². The maximum absolute atomic E-state index is 10.6. The zero-order chi connectivity index (χ0) is 12.5. The van der Waals surface area contributed by atoms with E-state index < -0.39 is 0 Å². The lowest BCUT2D eigenvalue weighted by Crippen LogP contribution is -1.83. The summed E-state index contributed by atoms with van der Waals surface area (Å²) in [6.45, 7) is 0. The van der Waals surface area contributed by atoms with Crippen LogP contribution >= 0.6 is 0 Å². The molecule has 0 spiro atoms. The van der Waals surface area contributed by atoms with Gasteiger partial charge in [-0.1, -0.05) is 17.3 Å². The molecule has 0 unspecified atom stereocenters. The van der Waals surface area contributed by atoms with Crippen LogP contribution in [0.1, 0.15) is 10.5 Å². The van der Waals surface area contributed by atoms with Gasteiger partial charge in [0.15, 0.2) is 12.0 Å². The Hall–Kier alpha value is -2.56. The van der Waals surface area contributed by atoms with Gasteiger partial charge in [0, 0.05) is 11.5 Å². The van der Waals surface area contributed by atoms with Crippen molar-refractivity contribution in [2.45, 2.75) is 0 Å². The van der Waals surface area contributed by atoms with E-state index in [1.807, 2.05) is 24.3 Å². The summed E-state index contributed by atoms with van der Waals surface area (Å²) in [5.41, 5.74) is 1.92. The number of aromatic nitrogens is 2. The fourth-order valence-corrected chi connectivity index (χ4v) is 1.90. The summed E-state index contributed by atoms with van der Waals surface area (Å²) < 4.78 is 10.4. The number of nitrogens with one attached hydrogen (secondary N) is 1.